The molecule has 3 heterocycles. The van der Waals surface area contributed by atoms with Crippen LogP contribution in [0.1, 0.15) is 36.3 Å². The number of benzene rings is 2. The van der Waals surface area contributed by atoms with Crippen LogP contribution in [0, 0.1) is 17.1 Å². The van der Waals surface area contributed by atoms with Crippen molar-refractivity contribution in [3.8, 4) is 17.3 Å². The smallest absolute Gasteiger partial charge is 0.211 e. The predicted molar refractivity (Wildman–Crippen MR) is 163 cm³/mol. The number of fused-ring (bicyclic) bond motifs is 1. The molecule has 2 aromatic carbocycles. The molecule has 12 heteroatoms. The van der Waals surface area contributed by atoms with Crippen LogP contribution in [0.4, 0.5) is 20.9 Å². The second kappa shape index (κ2) is 11.2. The molecule has 1 aliphatic carbocycles. The standard InChI is InChI=1S/C30H31FN6O3S2/c1-3-36(30-34-29(28(16-32)41-30)20-6-8-21(31)9-7-20)27-15-26(19-4-5-19)33-25-11-10-22(14-24(25)27)37-13-12-35(42(2,39)40)17-23(37)18-38/h6-11,14-15,19,23,38H,3-5,12-13,17-18H2,1-2H3. The van der Waals surface area contributed by atoms with Gasteiger partial charge in [0.1, 0.15) is 22.5 Å². The lowest BCUT2D eigenvalue weighted by Crippen LogP contribution is -2.56. The molecule has 218 valence electrons. The van der Waals surface area contributed by atoms with Gasteiger partial charge in [-0.3, -0.25) is 4.98 Å². The average Bonchev–Trinajstić information content (AvgIpc) is 3.76. The molecule has 2 fully saturated rings. The molecule has 1 saturated carbocycles. The lowest BCUT2D eigenvalue weighted by atomic mass is 10.1. The Kier molecular flexibility index (Phi) is 7.61. The molecule has 1 saturated heterocycles. The molecule has 0 radical (unpaired) electrons. The highest BCUT2D eigenvalue weighted by Gasteiger charge is 2.32. The maximum atomic E-state index is 13.6. The summed E-state index contributed by atoms with van der Waals surface area (Å²) in [5.41, 5.74) is 4.85. The van der Waals surface area contributed by atoms with Gasteiger partial charge in [0.25, 0.3) is 0 Å². The third-order valence-electron chi connectivity index (χ3n) is 7.92. The molecule has 2 aliphatic rings. The van der Waals surface area contributed by atoms with Crippen molar-refractivity contribution in [2.45, 2.75) is 31.7 Å². The van der Waals surface area contributed by atoms with Crippen LogP contribution in [-0.2, 0) is 10.0 Å². The van der Waals surface area contributed by atoms with Crippen molar-refractivity contribution < 1.29 is 17.9 Å². The van der Waals surface area contributed by atoms with Crippen LogP contribution in [-0.4, -0.2) is 72.9 Å². The van der Waals surface area contributed by atoms with E-state index in [1.165, 1.54) is 34.0 Å². The van der Waals surface area contributed by atoms with Gasteiger partial charge in [-0.15, -0.1) is 0 Å². The molecule has 2 aromatic heterocycles. The summed E-state index contributed by atoms with van der Waals surface area (Å²) in [6.45, 7) is 3.43. The molecule has 0 bridgehead atoms. The molecule has 6 rings (SSSR count). The van der Waals surface area contributed by atoms with Crippen molar-refractivity contribution in [2.75, 3.05) is 48.8 Å². The molecular formula is C30H31FN6O3S2. The van der Waals surface area contributed by atoms with E-state index in [1.54, 1.807) is 12.1 Å². The minimum absolute atomic E-state index is 0.181. The zero-order valence-electron chi connectivity index (χ0n) is 23.4. The van der Waals surface area contributed by atoms with Crippen LogP contribution in [0.5, 0.6) is 0 Å². The van der Waals surface area contributed by atoms with Gasteiger partial charge in [0.15, 0.2) is 5.13 Å². The maximum absolute atomic E-state index is 13.6. The van der Waals surface area contributed by atoms with Gasteiger partial charge < -0.3 is 14.9 Å². The molecule has 1 unspecified atom stereocenters. The highest BCUT2D eigenvalue weighted by Crippen LogP contribution is 2.44. The largest absolute Gasteiger partial charge is 0.394 e. The monoisotopic (exact) mass is 606 g/mol. The predicted octanol–water partition coefficient (Wildman–Crippen LogP) is 4.85. The summed E-state index contributed by atoms with van der Waals surface area (Å²) >= 11 is 1.30. The van der Waals surface area contributed by atoms with Crippen molar-refractivity contribution in [1.82, 2.24) is 14.3 Å². The zero-order valence-corrected chi connectivity index (χ0v) is 25.0. The number of aliphatic hydroxyl groups is 1. The molecule has 1 N–H and O–H groups in total. The highest BCUT2D eigenvalue weighted by atomic mass is 32.2. The Hall–Kier alpha value is -3.63. The lowest BCUT2D eigenvalue weighted by molar-refractivity contribution is 0.218. The maximum Gasteiger partial charge on any atom is 0.211 e. The van der Waals surface area contributed by atoms with Gasteiger partial charge in [-0.1, -0.05) is 11.3 Å². The number of aliphatic hydroxyl groups excluding tert-OH is 1. The van der Waals surface area contributed by atoms with Crippen LogP contribution in [0.3, 0.4) is 0 Å². The van der Waals surface area contributed by atoms with E-state index in [-0.39, 0.29) is 25.0 Å². The quantitative estimate of drug-likeness (QED) is 0.303. The molecule has 0 spiro atoms. The van der Waals surface area contributed by atoms with Gasteiger partial charge in [0.2, 0.25) is 10.0 Å². The summed E-state index contributed by atoms with van der Waals surface area (Å²) in [5, 5.41) is 21.7. The van der Waals surface area contributed by atoms with Crippen LogP contribution in [0.25, 0.3) is 22.2 Å². The number of pyridine rings is 1. The second-order valence-electron chi connectivity index (χ2n) is 10.7. The first-order valence-electron chi connectivity index (χ1n) is 13.9. The molecular weight excluding hydrogens is 576 g/mol. The second-order valence-corrected chi connectivity index (χ2v) is 13.7. The highest BCUT2D eigenvalue weighted by molar-refractivity contribution is 7.88. The van der Waals surface area contributed by atoms with Crippen molar-refractivity contribution in [1.29, 1.82) is 5.26 Å². The third-order valence-corrected chi connectivity index (χ3v) is 10.2. The number of aromatic nitrogens is 2. The number of rotatable bonds is 8. The summed E-state index contributed by atoms with van der Waals surface area (Å²) in [4.78, 5) is 14.4. The van der Waals surface area contributed by atoms with Crippen LogP contribution < -0.4 is 9.80 Å². The zero-order chi connectivity index (χ0) is 29.6. The SMILES string of the molecule is CCN(c1nc(-c2ccc(F)cc2)c(C#N)s1)c1cc(C2CC2)nc2ccc(N3CCN(S(C)(=O)=O)CC3CO)cc12. The van der Waals surface area contributed by atoms with E-state index in [0.717, 1.165) is 40.8 Å². The fourth-order valence-electron chi connectivity index (χ4n) is 5.54. The topological polar surface area (TPSA) is 114 Å². The Morgan fingerprint density at radius 3 is 2.55 bits per heavy atom. The first-order valence-corrected chi connectivity index (χ1v) is 16.6. The van der Waals surface area contributed by atoms with E-state index < -0.39 is 10.0 Å². The molecule has 42 heavy (non-hydrogen) atoms. The normalized spacial score (nSPS) is 17.9. The van der Waals surface area contributed by atoms with E-state index in [1.807, 2.05) is 19.1 Å². The van der Waals surface area contributed by atoms with Gasteiger partial charge in [0, 0.05) is 54.4 Å². The fraction of sp³-hybridized carbons (Fsp3) is 0.367. The van der Waals surface area contributed by atoms with Crippen molar-refractivity contribution >= 4 is 48.8 Å². The summed E-state index contributed by atoms with van der Waals surface area (Å²) in [5.74, 6) is 0.0610. The van der Waals surface area contributed by atoms with Gasteiger partial charge in [-0.25, -0.2) is 17.8 Å². The number of hydrogen-bond acceptors (Lipinski definition) is 9. The average molecular weight is 607 g/mol. The molecule has 1 aliphatic heterocycles. The van der Waals surface area contributed by atoms with Crippen LogP contribution in [0.2, 0.25) is 0 Å². The Bertz CT molecular complexity index is 1780. The van der Waals surface area contributed by atoms with E-state index in [0.29, 0.717) is 46.8 Å². The number of nitriles is 1. The Morgan fingerprint density at radius 2 is 1.90 bits per heavy atom. The first-order chi connectivity index (χ1) is 20.2. The number of hydrogen-bond donors (Lipinski definition) is 1. The summed E-state index contributed by atoms with van der Waals surface area (Å²) in [6.07, 6.45) is 3.38. The minimum Gasteiger partial charge on any atom is -0.394 e. The van der Waals surface area contributed by atoms with Crippen molar-refractivity contribution in [2.24, 2.45) is 0 Å². The summed E-state index contributed by atoms with van der Waals surface area (Å²) in [6, 6.07) is 16.0. The van der Waals surface area contributed by atoms with E-state index >= 15 is 0 Å². The minimum atomic E-state index is -3.36. The molecule has 1 atom stereocenters. The number of nitrogens with zero attached hydrogens (tertiary/aromatic N) is 6. The molecule has 9 nitrogen and oxygen atoms in total. The molecule has 4 aromatic rings. The van der Waals surface area contributed by atoms with Gasteiger partial charge in [0.05, 0.1) is 30.1 Å². The van der Waals surface area contributed by atoms with Crippen molar-refractivity contribution in [3.05, 3.63) is 64.9 Å². The van der Waals surface area contributed by atoms with E-state index in [2.05, 4.69) is 28.0 Å². The van der Waals surface area contributed by atoms with Gasteiger partial charge in [-0.05, 0) is 68.3 Å². The number of thiazole rings is 1. The lowest BCUT2D eigenvalue weighted by Gasteiger charge is -2.41. The number of piperazine rings is 1. The Labute approximate surface area is 248 Å². The first kappa shape index (κ1) is 28.5. The summed E-state index contributed by atoms with van der Waals surface area (Å²) < 4.78 is 39.3. The van der Waals surface area contributed by atoms with E-state index in [9.17, 15) is 23.2 Å². The number of halogens is 1. The number of anilines is 3. The van der Waals surface area contributed by atoms with Crippen molar-refractivity contribution in [3.63, 3.8) is 0 Å². The fourth-order valence-corrected chi connectivity index (χ4v) is 7.36. The Morgan fingerprint density at radius 1 is 1.14 bits per heavy atom. The van der Waals surface area contributed by atoms with Gasteiger partial charge >= 0.3 is 0 Å². The van der Waals surface area contributed by atoms with Gasteiger partial charge in [-0.2, -0.15) is 9.57 Å². The van der Waals surface area contributed by atoms with Crippen LogP contribution in [0.15, 0.2) is 48.5 Å². The van der Waals surface area contributed by atoms with Crippen LogP contribution >= 0.6 is 11.3 Å². The summed E-state index contributed by atoms with van der Waals surface area (Å²) in [7, 11) is -3.36. The van der Waals surface area contributed by atoms with E-state index in [4.69, 9.17) is 9.97 Å². The Balaban J connectivity index is 1.44. The third kappa shape index (κ3) is 5.45. The number of sulfonamides is 1. The molecule has 0 amide bonds.